The molecule has 0 bridgehead atoms. The predicted molar refractivity (Wildman–Crippen MR) is 71.4 cm³/mol. The Morgan fingerprint density at radius 2 is 1.94 bits per heavy atom. The Labute approximate surface area is 107 Å². The summed E-state index contributed by atoms with van der Waals surface area (Å²) in [5, 5.41) is 16.1. The number of hydrogen-bond acceptors (Lipinski definition) is 4. The molecule has 0 spiro atoms. The van der Waals surface area contributed by atoms with Gasteiger partial charge in [0, 0.05) is 5.92 Å². The number of hydrazone groups is 1. The average Bonchev–Trinajstić information content (AvgIpc) is 2.65. The van der Waals surface area contributed by atoms with E-state index in [-0.39, 0.29) is 11.7 Å². The van der Waals surface area contributed by atoms with Gasteiger partial charge in [0.05, 0.1) is 11.4 Å². The third-order valence-corrected chi connectivity index (χ3v) is 3.16. The molecular weight excluding hydrogens is 228 g/mol. The van der Waals surface area contributed by atoms with Crippen molar-refractivity contribution in [1.82, 2.24) is 0 Å². The molecule has 2 atom stereocenters. The van der Waals surface area contributed by atoms with E-state index in [1.54, 1.807) is 6.92 Å². The molecule has 1 aromatic carbocycles. The topological polar surface area (TPSA) is 52.9 Å². The van der Waals surface area contributed by atoms with Gasteiger partial charge in [0.2, 0.25) is 0 Å². The number of carbonyl (C=O) groups is 1. The molecule has 1 aliphatic heterocycles. The van der Waals surface area contributed by atoms with Crippen LogP contribution in [0.3, 0.4) is 0 Å². The number of aliphatic hydroxyl groups is 1. The van der Waals surface area contributed by atoms with E-state index in [0.717, 1.165) is 5.69 Å². The minimum atomic E-state index is -0.901. The fraction of sp³-hybridized carbons (Fsp3) is 0.429. The van der Waals surface area contributed by atoms with Crippen molar-refractivity contribution in [3.63, 3.8) is 0 Å². The van der Waals surface area contributed by atoms with E-state index in [4.69, 9.17) is 0 Å². The molecule has 0 radical (unpaired) electrons. The molecule has 0 aliphatic carbocycles. The van der Waals surface area contributed by atoms with Crippen LogP contribution in [0.1, 0.15) is 20.8 Å². The quantitative estimate of drug-likeness (QED) is 0.888. The summed E-state index contributed by atoms with van der Waals surface area (Å²) in [7, 11) is 0. The van der Waals surface area contributed by atoms with Crippen LogP contribution in [-0.4, -0.2) is 22.8 Å². The molecule has 4 nitrogen and oxygen atoms in total. The van der Waals surface area contributed by atoms with E-state index in [1.165, 1.54) is 5.01 Å². The van der Waals surface area contributed by atoms with Crippen LogP contribution in [0, 0.1) is 11.8 Å². The first-order valence-corrected chi connectivity index (χ1v) is 6.13. The van der Waals surface area contributed by atoms with Gasteiger partial charge in [0.25, 0.3) is 0 Å². The van der Waals surface area contributed by atoms with E-state index in [2.05, 4.69) is 5.10 Å². The summed E-state index contributed by atoms with van der Waals surface area (Å²) in [5.74, 6) is -0.599. The van der Waals surface area contributed by atoms with Gasteiger partial charge in [-0.3, -0.25) is 4.79 Å². The number of aliphatic hydroxyl groups excluding tert-OH is 1. The lowest BCUT2D eigenvalue weighted by molar-refractivity contribution is -0.126. The predicted octanol–water partition coefficient (Wildman–Crippen LogP) is 2.04. The van der Waals surface area contributed by atoms with Crippen molar-refractivity contribution in [2.24, 2.45) is 16.9 Å². The lowest BCUT2D eigenvalue weighted by atomic mass is 9.91. The fourth-order valence-electron chi connectivity index (χ4n) is 2.15. The second kappa shape index (κ2) is 4.90. The molecule has 1 N–H and O–H groups in total. The third-order valence-electron chi connectivity index (χ3n) is 3.16. The Morgan fingerprint density at radius 1 is 1.33 bits per heavy atom. The third kappa shape index (κ3) is 2.16. The molecule has 0 fully saturated rings. The van der Waals surface area contributed by atoms with Crippen LogP contribution in [0.4, 0.5) is 5.69 Å². The second-order valence-electron chi connectivity index (χ2n) is 4.87. The zero-order valence-corrected chi connectivity index (χ0v) is 10.9. The van der Waals surface area contributed by atoms with Gasteiger partial charge < -0.3 is 5.11 Å². The summed E-state index contributed by atoms with van der Waals surface area (Å²) in [6.45, 7) is 5.47. The molecule has 1 heterocycles. The number of benzene rings is 1. The van der Waals surface area contributed by atoms with Crippen LogP contribution in [-0.2, 0) is 4.79 Å². The molecular formula is C14H18N2O2. The number of anilines is 1. The highest BCUT2D eigenvalue weighted by Gasteiger charge is 2.40. The molecule has 0 saturated carbocycles. The van der Waals surface area contributed by atoms with Gasteiger partial charge in [-0.1, -0.05) is 32.0 Å². The van der Waals surface area contributed by atoms with Crippen LogP contribution in [0.5, 0.6) is 0 Å². The summed E-state index contributed by atoms with van der Waals surface area (Å²) >= 11 is 0. The first kappa shape index (κ1) is 12.8. The maximum Gasteiger partial charge on any atom is 0.162 e. The Balaban J connectivity index is 2.27. The number of rotatable bonds is 3. The standard InChI is InChI=1S/C14H18N2O2/c1-9(2)13(17)12-10(3)15-16(14(12)18)11-7-5-4-6-8-11/h4-9,12,14,18H,1-3H3. The molecule has 96 valence electrons. The van der Waals surface area contributed by atoms with Crippen LogP contribution in [0.15, 0.2) is 35.4 Å². The van der Waals surface area contributed by atoms with Crippen LogP contribution >= 0.6 is 0 Å². The Kier molecular flexibility index (Phi) is 3.48. The van der Waals surface area contributed by atoms with Crippen LogP contribution in [0.25, 0.3) is 0 Å². The van der Waals surface area contributed by atoms with Crippen molar-refractivity contribution in [3.05, 3.63) is 30.3 Å². The highest BCUT2D eigenvalue weighted by atomic mass is 16.3. The summed E-state index contributed by atoms with van der Waals surface area (Å²) in [6, 6.07) is 9.39. The second-order valence-corrected chi connectivity index (χ2v) is 4.87. The monoisotopic (exact) mass is 246 g/mol. The minimum Gasteiger partial charge on any atom is -0.371 e. The van der Waals surface area contributed by atoms with Crippen molar-refractivity contribution in [2.45, 2.75) is 27.0 Å². The lowest BCUT2D eigenvalue weighted by Gasteiger charge is -2.23. The van der Waals surface area contributed by atoms with Gasteiger partial charge in [-0.2, -0.15) is 5.10 Å². The Morgan fingerprint density at radius 3 is 2.50 bits per heavy atom. The van der Waals surface area contributed by atoms with Gasteiger partial charge in [-0.05, 0) is 19.1 Å². The maximum absolute atomic E-state index is 12.1. The zero-order chi connectivity index (χ0) is 13.3. The molecule has 4 heteroatoms. The highest BCUT2D eigenvalue weighted by molar-refractivity contribution is 6.07. The molecule has 18 heavy (non-hydrogen) atoms. The number of para-hydroxylation sites is 1. The molecule has 0 aromatic heterocycles. The van der Waals surface area contributed by atoms with Gasteiger partial charge >= 0.3 is 0 Å². The SMILES string of the molecule is CC1=NN(c2ccccc2)C(O)C1C(=O)C(C)C. The Bertz CT molecular complexity index is 468. The first-order valence-electron chi connectivity index (χ1n) is 6.13. The van der Waals surface area contributed by atoms with E-state index >= 15 is 0 Å². The summed E-state index contributed by atoms with van der Waals surface area (Å²) in [5.41, 5.74) is 1.47. The maximum atomic E-state index is 12.1. The number of nitrogens with zero attached hydrogens (tertiary/aromatic N) is 2. The molecule has 1 aliphatic rings. The molecule has 0 saturated heterocycles. The average molecular weight is 246 g/mol. The van der Waals surface area contributed by atoms with Gasteiger partial charge in [-0.15, -0.1) is 0 Å². The van der Waals surface area contributed by atoms with Crippen molar-refractivity contribution in [3.8, 4) is 0 Å². The number of Topliss-reactive ketones (excluding diaryl/α,β-unsaturated/α-hetero) is 1. The molecule has 2 rings (SSSR count). The largest absolute Gasteiger partial charge is 0.371 e. The summed E-state index contributed by atoms with van der Waals surface area (Å²) in [4.78, 5) is 12.1. The molecule has 2 unspecified atom stereocenters. The van der Waals surface area contributed by atoms with Crippen LogP contribution < -0.4 is 5.01 Å². The van der Waals surface area contributed by atoms with Gasteiger partial charge in [-0.25, -0.2) is 5.01 Å². The highest BCUT2D eigenvalue weighted by Crippen LogP contribution is 2.28. The zero-order valence-electron chi connectivity index (χ0n) is 10.9. The van der Waals surface area contributed by atoms with Gasteiger partial charge in [0.1, 0.15) is 11.7 Å². The number of carbonyl (C=O) groups excluding carboxylic acids is 1. The van der Waals surface area contributed by atoms with E-state index < -0.39 is 12.1 Å². The number of ketones is 1. The minimum absolute atomic E-state index is 0.0298. The van der Waals surface area contributed by atoms with E-state index in [9.17, 15) is 9.90 Å². The van der Waals surface area contributed by atoms with Crippen molar-refractivity contribution < 1.29 is 9.90 Å². The van der Waals surface area contributed by atoms with Crippen LogP contribution in [0.2, 0.25) is 0 Å². The smallest absolute Gasteiger partial charge is 0.162 e. The lowest BCUT2D eigenvalue weighted by Crippen LogP contribution is -2.39. The summed E-state index contributed by atoms with van der Waals surface area (Å²) in [6.07, 6.45) is -0.901. The molecule has 0 amide bonds. The van der Waals surface area contributed by atoms with Crippen molar-refractivity contribution >= 4 is 17.2 Å². The van der Waals surface area contributed by atoms with Crippen molar-refractivity contribution in [1.29, 1.82) is 0 Å². The fourth-order valence-corrected chi connectivity index (χ4v) is 2.15. The van der Waals surface area contributed by atoms with Crippen molar-refractivity contribution in [2.75, 3.05) is 5.01 Å². The summed E-state index contributed by atoms with van der Waals surface area (Å²) < 4.78 is 0. The number of hydrogen-bond donors (Lipinski definition) is 1. The Hall–Kier alpha value is -1.68. The first-order chi connectivity index (χ1) is 8.52. The van der Waals surface area contributed by atoms with E-state index in [1.807, 2.05) is 44.2 Å². The van der Waals surface area contributed by atoms with E-state index in [0.29, 0.717) is 5.71 Å². The normalized spacial score (nSPS) is 23.4. The van der Waals surface area contributed by atoms with Gasteiger partial charge in [0.15, 0.2) is 6.23 Å². The molecule has 1 aromatic rings.